The predicted octanol–water partition coefficient (Wildman–Crippen LogP) is -0.943. The van der Waals surface area contributed by atoms with Crippen molar-refractivity contribution in [3.05, 3.63) is 0 Å². The summed E-state index contributed by atoms with van der Waals surface area (Å²) < 4.78 is 28.3. The Labute approximate surface area is 107 Å². The molecule has 2 aliphatic heterocycles. The average molecular weight is 276 g/mol. The Bertz CT molecular complexity index is 409. The van der Waals surface area contributed by atoms with E-state index in [1.54, 1.807) is 0 Å². The summed E-state index contributed by atoms with van der Waals surface area (Å²) in [6, 6.07) is -0.209. The lowest BCUT2D eigenvalue weighted by Gasteiger charge is -2.24. The third kappa shape index (κ3) is 3.66. The van der Waals surface area contributed by atoms with Gasteiger partial charge < -0.3 is 15.4 Å². The molecule has 3 unspecified atom stereocenters. The molecule has 2 saturated heterocycles. The fourth-order valence-corrected chi connectivity index (χ4v) is 3.85. The van der Waals surface area contributed by atoms with Gasteiger partial charge in [-0.2, -0.15) is 0 Å². The lowest BCUT2D eigenvalue weighted by atomic mass is 10.1. The van der Waals surface area contributed by atoms with Crippen molar-refractivity contribution in [3.8, 4) is 0 Å². The maximum absolute atomic E-state index is 11.8. The van der Waals surface area contributed by atoms with E-state index in [0.29, 0.717) is 13.2 Å². The van der Waals surface area contributed by atoms with Gasteiger partial charge in [0.2, 0.25) is 5.91 Å². The van der Waals surface area contributed by atoms with Gasteiger partial charge in [0, 0.05) is 25.6 Å². The molecule has 0 bridgehead atoms. The average Bonchev–Trinajstić information content (AvgIpc) is 2.62. The van der Waals surface area contributed by atoms with Crippen molar-refractivity contribution in [1.82, 2.24) is 10.6 Å². The molecule has 0 aromatic rings. The van der Waals surface area contributed by atoms with Gasteiger partial charge in [0.1, 0.15) is 0 Å². The van der Waals surface area contributed by atoms with E-state index >= 15 is 0 Å². The van der Waals surface area contributed by atoms with Gasteiger partial charge in [-0.25, -0.2) is 8.42 Å². The van der Waals surface area contributed by atoms with Crippen LogP contribution in [0, 0.1) is 0 Å². The fourth-order valence-electron chi connectivity index (χ4n) is 2.41. The largest absolute Gasteiger partial charge is 0.376 e. The van der Waals surface area contributed by atoms with E-state index in [2.05, 4.69) is 10.6 Å². The molecular weight excluding hydrogens is 256 g/mol. The van der Waals surface area contributed by atoms with Crippen molar-refractivity contribution in [2.75, 3.05) is 24.7 Å². The monoisotopic (exact) mass is 276 g/mol. The Kier molecular flexibility index (Phi) is 4.24. The molecule has 0 aromatic heterocycles. The van der Waals surface area contributed by atoms with Gasteiger partial charge in [-0.15, -0.1) is 0 Å². The maximum Gasteiger partial charge on any atom is 0.221 e. The number of ether oxygens (including phenoxy) is 1. The zero-order chi connectivity index (χ0) is 13.2. The SMILES string of the molecule is CC1OCCC1NC(=O)CC1CS(=O)(=O)CCN1. The number of amides is 1. The van der Waals surface area contributed by atoms with Crippen LogP contribution in [0.4, 0.5) is 0 Å². The van der Waals surface area contributed by atoms with Crippen molar-refractivity contribution in [2.45, 2.75) is 38.0 Å². The van der Waals surface area contributed by atoms with E-state index in [1.165, 1.54) is 0 Å². The second-order valence-corrected chi connectivity index (χ2v) is 7.24. The summed E-state index contributed by atoms with van der Waals surface area (Å²) >= 11 is 0. The topological polar surface area (TPSA) is 84.5 Å². The van der Waals surface area contributed by atoms with E-state index in [-0.39, 0.29) is 42.0 Å². The van der Waals surface area contributed by atoms with E-state index < -0.39 is 9.84 Å². The fraction of sp³-hybridized carbons (Fsp3) is 0.909. The number of rotatable bonds is 3. The van der Waals surface area contributed by atoms with Crippen molar-refractivity contribution in [3.63, 3.8) is 0 Å². The Morgan fingerprint density at radius 2 is 2.28 bits per heavy atom. The standard InChI is InChI=1S/C11H20N2O4S/c1-8-10(2-4-17-8)13-11(14)6-9-7-18(15,16)5-3-12-9/h8-10,12H,2-7H2,1H3,(H,13,14). The third-order valence-corrected chi connectivity index (χ3v) is 5.19. The normalized spacial score (nSPS) is 35.3. The zero-order valence-corrected chi connectivity index (χ0v) is 11.3. The molecule has 2 fully saturated rings. The minimum absolute atomic E-state index is 0.0389. The molecule has 2 heterocycles. The van der Waals surface area contributed by atoms with E-state index in [4.69, 9.17) is 4.74 Å². The van der Waals surface area contributed by atoms with Crippen LogP contribution >= 0.6 is 0 Å². The maximum atomic E-state index is 11.8. The first kappa shape index (κ1) is 13.8. The predicted molar refractivity (Wildman–Crippen MR) is 67.0 cm³/mol. The van der Waals surface area contributed by atoms with Crippen LogP contribution < -0.4 is 10.6 Å². The smallest absolute Gasteiger partial charge is 0.221 e. The van der Waals surface area contributed by atoms with Crippen LogP contribution in [0.5, 0.6) is 0 Å². The zero-order valence-electron chi connectivity index (χ0n) is 10.5. The van der Waals surface area contributed by atoms with Gasteiger partial charge in [0.25, 0.3) is 0 Å². The minimum Gasteiger partial charge on any atom is -0.376 e. The van der Waals surface area contributed by atoms with Crippen molar-refractivity contribution < 1.29 is 17.9 Å². The van der Waals surface area contributed by atoms with Crippen LogP contribution in [0.2, 0.25) is 0 Å². The number of carbonyl (C=O) groups excluding carboxylic acids is 1. The van der Waals surface area contributed by atoms with Crippen molar-refractivity contribution in [1.29, 1.82) is 0 Å². The molecule has 0 aliphatic carbocycles. The molecule has 18 heavy (non-hydrogen) atoms. The quantitative estimate of drug-likeness (QED) is 0.695. The Morgan fingerprint density at radius 1 is 1.50 bits per heavy atom. The molecule has 0 saturated carbocycles. The highest BCUT2D eigenvalue weighted by Gasteiger charge is 2.29. The van der Waals surface area contributed by atoms with Gasteiger partial charge >= 0.3 is 0 Å². The van der Waals surface area contributed by atoms with Gasteiger partial charge in [-0.1, -0.05) is 0 Å². The summed E-state index contributed by atoms with van der Waals surface area (Å²) in [4.78, 5) is 11.8. The second kappa shape index (κ2) is 5.54. The third-order valence-electron chi connectivity index (χ3n) is 3.46. The van der Waals surface area contributed by atoms with Crippen LogP contribution in [0.25, 0.3) is 0 Å². The summed E-state index contributed by atoms with van der Waals surface area (Å²) in [5.74, 6) is 0.113. The van der Waals surface area contributed by atoms with Crippen LogP contribution in [-0.2, 0) is 19.4 Å². The van der Waals surface area contributed by atoms with Crippen molar-refractivity contribution >= 4 is 15.7 Å². The molecule has 1 amide bonds. The summed E-state index contributed by atoms with van der Waals surface area (Å²) in [6.07, 6.45) is 1.07. The Balaban J connectivity index is 1.80. The molecule has 104 valence electrons. The number of nitrogens with one attached hydrogen (secondary N) is 2. The van der Waals surface area contributed by atoms with E-state index in [0.717, 1.165) is 6.42 Å². The van der Waals surface area contributed by atoms with Crippen LogP contribution in [-0.4, -0.2) is 57.2 Å². The molecule has 0 spiro atoms. The van der Waals surface area contributed by atoms with Gasteiger partial charge in [-0.05, 0) is 13.3 Å². The summed E-state index contributed by atoms with van der Waals surface area (Å²) in [5, 5.41) is 5.97. The molecule has 7 heteroatoms. The highest BCUT2D eigenvalue weighted by Crippen LogP contribution is 2.13. The lowest BCUT2D eigenvalue weighted by molar-refractivity contribution is -0.122. The minimum atomic E-state index is -2.98. The highest BCUT2D eigenvalue weighted by molar-refractivity contribution is 7.91. The number of hydrogen-bond donors (Lipinski definition) is 2. The Morgan fingerprint density at radius 3 is 2.89 bits per heavy atom. The van der Waals surface area contributed by atoms with Gasteiger partial charge in [0.05, 0.1) is 23.7 Å². The number of carbonyl (C=O) groups is 1. The molecule has 2 rings (SSSR count). The van der Waals surface area contributed by atoms with Crippen LogP contribution in [0.15, 0.2) is 0 Å². The molecule has 6 nitrogen and oxygen atoms in total. The summed E-state index contributed by atoms with van der Waals surface area (Å²) in [7, 11) is -2.98. The van der Waals surface area contributed by atoms with Crippen LogP contribution in [0.3, 0.4) is 0 Å². The number of sulfone groups is 1. The highest BCUT2D eigenvalue weighted by atomic mass is 32.2. The lowest BCUT2D eigenvalue weighted by Crippen LogP contribution is -2.49. The number of hydrogen-bond acceptors (Lipinski definition) is 5. The first-order valence-electron chi connectivity index (χ1n) is 6.31. The molecule has 0 aromatic carbocycles. The molecule has 3 atom stereocenters. The van der Waals surface area contributed by atoms with E-state index in [1.807, 2.05) is 6.92 Å². The molecule has 2 N–H and O–H groups in total. The Hall–Kier alpha value is -0.660. The van der Waals surface area contributed by atoms with Gasteiger partial charge in [-0.3, -0.25) is 4.79 Å². The van der Waals surface area contributed by atoms with E-state index in [9.17, 15) is 13.2 Å². The summed E-state index contributed by atoms with van der Waals surface area (Å²) in [6.45, 7) is 3.03. The second-order valence-electron chi connectivity index (χ2n) is 5.01. The van der Waals surface area contributed by atoms with Crippen LogP contribution in [0.1, 0.15) is 19.8 Å². The summed E-state index contributed by atoms with van der Waals surface area (Å²) in [5.41, 5.74) is 0. The van der Waals surface area contributed by atoms with Crippen molar-refractivity contribution in [2.24, 2.45) is 0 Å². The van der Waals surface area contributed by atoms with Gasteiger partial charge in [0.15, 0.2) is 9.84 Å². The molecular formula is C11H20N2O4S. The first-order valence-corrected chi connectivity index (χ1v) is 8.13. The molecule has 0 radical (unpaired) electrons. The first-order chi connectivity index (χ1) is 8.46. The molecule has 2 aliphatic rings.